The molecule has 1 aliphatic heterocycles. The van der Waals surface area contributed by atoms with Crippen LogP contribution < -0.4 is 14.8 Å². The third-order valence-corrected chi connectivity index (χ3v) is 6.17. The first-order valence-electron chi connectivity index (χ1n) is 9.13. The molecule has 2 N–H and O–H groups in total. The van der Waals surface area contributed by atoms with E-state index >= 15 is 0 Å². The zero-order valence-electron chi connectivity index (χ0n) is 15.9. The summed E-state index contributed by atoms with van der Waals surface area (Å²) in [6.07, 6.45) is 5.39. The molecule has 1 aromatic heterocycles. The number of benzene rings is 2. The summed E-state index contributed by atoms with van der Waals surface area (Å²) in [6, 6.07) is 12.1. The quantitative estimate of drug-likeness (QED) is 0.639. The normalized spacial score (nSPS) is 16.7. The Morgan fingerprint density at radius 2 is 1.93 bits per heavy atom. The summed E-state index contributed by atoms with van der Waals surface area (Å²) in [6.45, 7) is 4.87. The summed E-state index contributed by atoms with van der Waals surface area (Å²) in [5.41, 5.74) is 2.86. The first kappa shape index (κ1) is 20.3. The van der Waals surface area contributed by atoms with Gasteiger partial charge in [0.15, 0.2) is 0 Å². The second-order valence-corrected chi connectivity index (χ2v) is 8.92. The lowest BCUT2D eigenvalue weighted by atomic mass is 9.97. The minimum Gasteiger partial charge on any atom is -0.436 e. The zero-order valence-corrected chi connectivity index (χ0v) is 17.5. The summed E-state index contributed by atoms with van der Waals surface area (Å²) >= 11 is 6.30. The van der Waals surface area contributed by atoms with Gasteiger partial charge in [-0.25, -0.2) is 18.5 Å². The van der Waals surface area contributed by atoms with Crippen LogP contribution in [0.15, 0.2) is 78.2 Å². The van der Waals surface area contributed by atoms with Crippen molar-refractivity contribution in [3.8, 4) is 11.6 Å². The maximum Gasteiger partial charge on any atom is 0.238 e. The van der Waals surface area contributed by atoms with Crippen molar-refractivity contribution in [2.24, 2.45) is 5.14 Å². The van der Waals surface area contributed by atoms with Crippen LogP contribution >= 0.6 is 11.6 Å². The smallest absolute Gasteiger partial charge is 0.238 e. The Hall–Kier alpha value is -2.94. The van der Waals surface area contributed by atoms with Crippen molar-refractivity contribution >= 4 is 27.3 Å². The van der Waals surface area contributed by atoms with Crippen molar-refractivity contribution in [1.82, 2.24) is 9.97 Å². The Bertz CT molecular complexity index is 1180. The van der Waals surface area contributed by atoms with Gasteiger partial charge in [0.25, 0.3) is 0 Å². The molecule has 1 fully saturated rings. The van der Waals surface area contributed by atoms with Crippen molar-refractivity contribution < 1.29 is 13.2 Å². The molecule has 0 unspecified atom stereocenters. The van der Waals surface area contributed by atoms with Crippen molar-refractivity contribution in [1.29, 1.82) is 0 Å². The largest absolute Gasteiger partial charge is 0.436 e. The second kappa shape index (κ2) is 8.06. The number of rotatable bonds is 5. The number of anilines is 1. The number of sulfonamides is 1. The monoisotopic (exact) mass is 442 g/mol. The average Bonchev–Trinajstić information content (AvgIpc) is 3.11. The number of hydrogen-bond acceptors (Lipinski definition) is 6. The predicted octanol–water partition coefficient (Wildman–Crippen LogP) is 4.08. The molecule has 7 nitrogen and oxygen atoms in total. The number of hydrogen-bond donors (Lipinski definition) is 1. The molecular weight excluding hydrogens is 424 g/mol. The van der Waals surface area contributed by atoms with Crippen LogP contribution in [-0.2, 0) is 10.0 Å². The van der Waals surface area contributed by atoms with Gasteiger partial charge in [-0.1, -0.05) is 24.2 Å². The lowest BCUT2D eigenvalue weighted by Gasteiger charge is -2.20. The number of aromatic nitrogens is 2. The van der Waals surface area contributed by atoms with Crippen LogP contribution in [0.5, 0.6) is 11.6 Å². The standard InChI is InChI=1S/C21H19ClN4O3S/c1-14-10-16(13-26(14)17-3-5-18(6-4-17)30(23,27)28)15-2-7-19(22)20(11-15)29-21-12-24-8-9-25-21/h2-9,11-12,16H,1,10,13H2,(H2,23,27,28)/t16-/m0/s1. The molecule has 9 heteroatoms. The summed E-state index contributed by atoms with van der Waals surface area (Å²) < 4.78 is 28.7. The maximum absolute atomic E-state index is 11.5. The van der Waals surface area contributed by atoms with Crippen LogP contribution in [0.1, 0.15) is 17.9 Å². The average molecular weight is 443 g/mol. The molecule has 30 heavy (non-hydrogen) atoms. The summed E-state index contributed by atoms with van der Waals surface area (Å²) in [4.78, 5) is 10.2. The lowest BCUT2D eigenvalue weighted by molar-refractivity contribution is 0.459. The van der Waals surface area contributed by atoms with E-state index in [1.165, 1.54) is 18.3 Å². The molecule has 4 rings (SSSR count). The summed E-state index contributed by atoms with van der Waals surface area (Å²) in [7, 11) is -3.72. The van der Waals surface area contributed by atoms with Gasteiger partial charge in [-0.3, -0.25) is 4.98 Å². The molecule has 0 aliphatic carbocycles. The Balaban J connectivity index is 1.55. The number of halogens is 1. The fourth-order valence-corrected chi connectivity index (χ4v) is 4.11. The third kappa shape index (κ3) is 4.30. The molecule has 0 spiro atoms. The van der Waals surface area contributed by atoms with E-state index in [0.29, 0.717) is 23.2 Å². The number of nitrogens with two attached hydrogens (primary N) is 1. The predicted molar refractivity (Wildman–Crippen MR) is 115 cm³/mol. The van der Waals surface area contributed by atoms with Gasteiger partial charge in [-0.15, -0.1) is 0 Å². The minimum atomic E-state index is -3.72. The number of ether oxygens (including phenoxy) is 1. The van der Waals surface area contributed by atoms with Gasteiger partial charge in [0.05, 0.1) is 16.1 Å². The van der Waals surface area contributed by atoms with E-state index in [9.17, 15) is 8.42 Å². The first-order chi connectivity index (χ1) is 14.3. The van der Waals surface area contributed by atoms with Gasteiger partial charge < -0.3 is 9.64 Å². The molecule has 0 saturated carbocycles. The topological polar surface area (TPSA) is 98.4 Å². The molecule has 154 valence electrons. The van der Waals surface area contributed by atoms with Crippen molar-refractivity contribution in [2.75, 3.05) is 11.4 Å². The molecule has 1 aliphatic rings. The van der Waals surface area contributed by atoms with Gasteiger partial charge in [0, 0.05) is 36.2 Å². The van der Waals surface area contributed by atoms with E-state index in [2.05, 4.69) is 21.4 Å². The van der Waals surface area contributed by atoms with Crippen molar-refractivity contribution in [2.45, 2.75) is 17.2 Å². The highest BCUT2D eigenvalue weighted by atomic mass is 35.5. The van der Waals surface area contributed by atoms with Crippen molar-refractivity contribution in [3.05, 3.63) is 83.9 Å². The molecule has 2 aromatic carbocycles. The van der Waals surface area contributed by atoms with E-state index in [-0.39, 0.29) is 10.8 Å². The van der Waals surface area contributed by atoms with E-state index < -0.39 is 10.0 Å². The number of nitrogens with zero attached hydrogens (tertiary/aromatic N) is 3. The van der Waals surface area contributed by atoms with E-state index in [1.807, 2.05) is 12.1 Å². The fourth-order valence-electron chi connectivity index (χ4n) is 3.44. The number of allylic oxidation sites excluding steroid dienone is 1. The Morgan fingerprint density at radius 3 is 2.60 bits per heavy atom. The SMILES string of the molecule is C=C1C[C@H](c2ccc(Cl)c(Oc3cnccn3)c2)CN1c1ccc(S(N)(=O)=O)cc1. The molecule has 1 saturated heterocycles. The molecule has 2 heterocycles. The third-order valence-electron chi connectivity index (χ3n) is 4.92. The first-order valence-corrected chi connectivity index (χ1v) is 11.1. The Kier molecular flexibility index (Phi) is 5.46. The van der Waals surface area contributed by atoms with Gasteiger partial charge >= 0.3 is 0 Å². The highest BCUT2D eigenvalue weighted by molar-refractivity contribution is 7.89. The van der Waals surface area contributed by atoms with Crippen molar-refractivity contribution in [3.63, 3.8) is 0 Å². The lowest BCUT2D eigenvalue weighted by Crippen LogP contribution is -2.18. The molecule has 0 amide bonds. The van der Waals surface area contributed by atoms with Gasteiger partial charge in [-0.2, -0.15) is 0 Å². The number of primary sulfonamides is 1. The summed E-state index contributed by atoms with van der Waals surface area (Å²) in [5.74, 6) is 1.05. The highest BCUT2D eigenvalue weighted by Crippen LogP contribution is 2.39. The van der Waals surface area contributed by atoms with Crippen LogP contribution in [0.4, 0.5) is 5.69 Å². The summed E-state index contributed by atoms with van der Waals surface area (Å²) in [5, 5.41) is 5.66. The van der Waals surface area contributed by atoms with Crippen LogP contribution in [0.3, 0.4) is 0 Å². The molecule has 0 bridgehead atoms. The molecular formula is C21H19ClN4O3S. The molecule has 0 radical (unpaired) electrons. The van der Waals surface area contributed by atoms with Crippen LogP contribution in [0, 0.1) is 0 Å². The van der Waals surface area contributed by atoms with Crippen LogP contribution in [0.2, 0.25) is 5.02 Å². The molecule has 1 atom stereocenters. The van der Waals surface area contributed by atoms with E-state index in [4.69, 9.17) is 21.5 Å². The molecule has 3 aromatic rings. The van der Waals surface area contributed by atoms with Crippen LogP contribution in [0.25, 0.3) is 0 Å². The van der Waals surface area contributed by atoms with E-state index in [0.717, 1.165) is 23.4 Å². The fraction of sp³-hybridized carbons (Fsp3) is 0.143. The zero-order chi connectivity index (χ0) is 21.3. The van der Waals surface area contributed by atoms with Gasteiger partial charge in [0.2, 0.25) is 15.9 Å². The van der Waals surface area contributed by atoms with Gasteiger partial charge in [0.1, 0.15) is 5.75 Å². The van der Waals surface area contributed by atoms with Crippen LogP contribution in [-0.4, -0.2) is 24.9 Å². The Labute approximate surface area is 179 Å². The second-order valence-electron chi connectivity index (χ2n) is 6.95. The van der Waals surface area contributed by atoms with E-state index in [1.54, 1.807) is 30.6 Å². The Morgan fingerprint density at radius 1 is 1.17 bits per heavy atom. The van der Waals surface area contributed by atoms with Gasteiger partial charge in [-0.05, 0) is 48.4 Å². The minimum absolute atomic E-state index is 0.0797. The highest BCUT2D eigenvalue weighted by Gasteiger charge is 2.28. The maximum atomic E-state index is 11.5.